The number of phenolic OH excluding ortho intramolecular Hbond substituents is 1. The average Bonchev–Trinajstić information content (AvgIpc) is 2.51. The first kappa shape index (κ1) is 15.5. The van der Waals surface area contributed by atoms with Crippen LogP contribution in [0.25, 0.3) is 0 Å². The Morgan fingerprint density at radius 2 is 2.00 bits per heavy atom. The first-order valence-electron chi connectivity index (χ1n) is 6.45. The molecule has 0 fully saturated rings. The second kappa shape index (κ2) is 7.24. The molecule has 0 bridgehead atoms. The summed E-state index contributed by atoms with van der Waals surface area (Å²) in [5.41, 5.74) is 1.65. The van der Waals surface area contributed by atoms with Gasteiger partial charge in [0.05, 0.1) is 19.7 Å². The van der Waals surface area contributed by atoms with Gasteiger partial charge in [-0.2, -0.15) is 0 Å². The number of phenols is 1. The zero-order chi connectivity index (χ0) is 15.2. The number of hydrogen-bond acceptors (Lipinski definition) is 4. The molecule has 0 aromatic heterocycles. The predicted molar refractivity (Wildman–Crippen MR) is 84.1 cm³/mol. The third kappa shape index (κ3) is 4.06. The molecule has 0 aliphatic rings. The third-order valence-electron chi connectivity index (χ3n) is 3.11. The number of benzene rings is 2. The Bertz CT molecular complexity index is 616. The summed E-state index contributed by atoms with van der Waals surface area (Å²) in [4.78, 5) is 11.4. The minimum atomic E-state index is -0.356. The van der Waals surface area contributed by atoms with Crippen molar-refractivity contribution in [3.05, 3.63) is 64.1 Å². The van der Waals surface area contributed by atoms with Gasteiger partial charge in [0, 0.05) is 10.0 Å². The number of esters is 1. The van der Waals surface area contributed by atoms with Crippen molar-refractivity contribution in [3.63, 3.8) is 0 Å². The molecule has 1 atom stereocenters. The van der Waals surface area contributed by atoms with E-state index in [0.29, 0.717) is 5.56 Å². The highest BCUT2D eigenvalue weighted by Crippen LogP contribution is 2.31. The van der Waals surface area contributed by atoms with Gasteiger partial charge in [-0.15, -0.1) is 0 Å². The molecule has 0 spiro atoms. The van der Waals surface area contributed by atoms with Gasteiger partial charge in [-0.05, 0) is 23.8 Å². The van der Waals surface area contributed by atoms with Crippen LogP contribution in [0.1, 0.15) is 17.2 Å². The molecule has 0 amide bonds. The molecule has 2 N–H and O–H groups in total. The van der Waals surface area contributed by atoms with Crippen molar-refractivity contribution in [1.82, 2.24) is 5.32 Å². The lowest BCUT2D eigenvalue weighted by atomic mass is 9.98. The van der Waals surface area contributed by atoms with Crippen LogP contribution in [0.2, 0.25) is 0 Å². The summed E-state index contributed by atoms with van der Waals surface area (Å²) in [6, 6.07) is 14.5. The minimum absolute atomic E-state index is 0.0576. The van der Waals surface area contributed by atoms with Gasteiger partial charge in [0.25, 0.3) is 0 Å². The second-order valence-corrected chi connectivity index (χ2v) is 5.42. The summed E-state index contributed by atoms with van der Waals surface area (Å²) < 4.78 is 5.51. The molecule has 0 heterocycles. The Labute approximate surface area is 131 Å². The van der Waals surface area contributed by atoms with Crippen molar-refractivity contribution >= 4 is 21.9 Å². The smallest absolute Gasteiger partial charge is 0.319 e. The molecule has 0 radical (unpaired) electrons. The molecular formula is C16H16BrNO3. The summed E-state index contributed by atoms with van der Waals surface area (Å²) in [7, 11) is 1.35. The van der Waals surface area contributed by atoms with Gasteiger partial charge in [0.2, 0.25) is 0 Å². The molecule has 0 aliphatic carbocycles. The largest absolute Gasteiger partial charge is 0.508 e. The van der Waals surface area contributed by atoms with E-state index in [0.717, 1.165) is 10.0 Å². The molecule has 0 aliphatic heterocycles. The standard InChI is InChI=1S/C16H16BrNO3/c1-21-15(20)10-18-16(11-5-3-2-4-6-11)13-9-12(17)7-8-14(13)19/h2-9,16,18-19H,10H2,1H3/t16-/m0/s1. The lowest BCUT2D eigenvalue weighted by Crippen LogP contribution is -2.29. The Kier molecular flexibility index (Phi) is 5.36. The van der Waals surface area contributed by atoms with Gasteiger partial charge in [0.1, 0.15) is 5.75 Å². The van der Waals surface area contributed by atoms with Crippen LogP contribution in [0, 0.1) is 0 Å². The van der Waals surface area contributed by atoms with Crippen LogP contribution in [-0.4, -0.2) is 24.7 Å². The quantitative estimate of drug-likeness (QED) is 0.814. The Balaban J connectivity index is 2.35. The topological polar surface area (TPSA) is 58.6 Å². The van der Waals surface area contributed by atoms with Crippen LogP contribution in [-0.2, 0) is 9.53 Å². The molecule has 2 rings (SSSR count). The van der Waals surface area contributed by atoms with Crippen LogP contribution in [0.3, 0.4) is 0 Å². The molecule has 4 nitrogen and oxygen atoms in total. The minimum Gasteiger partial charge on any atom is -0.508 e. The Morgan fingerprint density at radius 1 is 1.29 bits per heavy atom. The lowest BCUT2D eigenvalue weighted by Gasteiger charge is -2.20. The van der Waals surface area contributed by atoms with Crippen molar-refractivity contribution < 1.29 is 14.6 Å². The molecule has 110 valence electrons. The lowest BCUT2D eigenvalue weighted by molar-refractivity contribution is -0.139. The number of ether oxygens (including phenoxy) is 1. The van der Waals surface area contributed by atoms with E-state index >= 15 is 0 Å². The number of rotatable bonds is 5. The molecule has 0 saturated carbocycles. The molecule has 5 heteroatoms. The monoisotopic (exact) mass is 349 g/mol. The average molecular weight is 350 g/mol. The van der Waals surface area contributed by atoms with E-state index in [1.807, 2.05) is 36.4 Å². The number of nitrogens with one attached hydrogen (secondary N) is 1. The van der Waals surface area contributed by atoms with E-state index in [4.69, 9.17) is 0 Å². The number of carbonyl (C=O) groups excluding carboxylic acids is 1. The zero-order valence-electron chi connectivity index (χ0n) is 11.5. The third-order valence-corrected chi connectivity index (χ3v) is 3.60. The van der Waals surface area contributed by atoms with E-state index in [1.165, 1.54) is 7.11 Å². The summed E-state index contributed by atoms with van der Waals surface area (Å²) in [6.07, 6.45) is 0. The van der Waals surface area contributed by atoms with Crippen LogP contribution < -0.4 is 5.32 Å². The summed E-state index contributed by atoms with van der Waals surface area (Å²) in [5.74, 6) is -0.185. The molecule has 21 heavy (non-hydrogen) atoms. The van der Waals surface area contributed by atoms with Crippen molar-refractivity contribution in [2.24, 2.45) is 0 Å². The van der Waals surface area contributed by atoms with E-state index in [9.17, 15) is 9.90 Å². The zero-order valence-corrected chi connectivity index (χ0v) is 13.1. The molecular weight excluding hydrogens is 334 g/mol. The number of hydrogen-bond donors (Lipinski definition) is 2. The van der Waals surface area contributed by atoms with Gasteiger partial charge in [-0.3, -0.25) is 10.1 Å². The second-order valence-electron chi connectivity index (χ2n) is 4.50. The van der Waals surface area contributed by atoms with E-state index in [-0.39, 0.29) is 24.3 Å². The van der Waals surface area contributed by atoms with E-state index < -0.39 is 0 Å². The molecule has 2 aromatic carbocycles. The van der Waals surface area contributed by atoms with Gasteiger partial charge in [0.15, 0.2) is 0 Å². The first-order chi connectivity index (χ1) is 10.1. The maximum atomic E-state index is 11.4. The predicted octanol–water partition coefficient (Wildman–Crippen LogP) is 3.01. The highest BCUT2D eigenvalue weighted by molar-refractivity contribution is 9.10. The van der Waals surface area contributed by atoms with Gasteiger partial charge < -0.3 is 9.84 Å². The summed E-state index contributed by atoms with van der Waals surface area (Å²) in [6.45, 7) is 0.0576. The van der Waals surface area contributed by atoms with Crippen molar-refractivity contribution in [2.45, 2.75) is 6.04 Å². The normalized spacial score (nSPS) is 11.9. The van der Waals surface area contributed by atoms with Crippen molar-refractivity contribution in [3.8, 4) is 5.75 Å². The Hall–Kier alpha value is -1.85. The van der Waals surface area contributed by atoms with E-state index in [1.54, 1.807) is 12.1 Å². The fraction of sp³-hybridized carbons (Fsp3) is 0.188. The van der Waals surface area contributed by atoms with Crippen LogP contribution >= 0.6 is 15.9 Å². The maximum absolute atomic E-state index is 11.4. The molecule has 0 unspecified atom stereocenters. The van der Waals surface area contributed by atoms with Crippen molar-refractivity contribution in [1.29, 1.82) is 0 Å². The number of carbonyl (C=O) groups is 1. The fourth-order valence-corrected chi connectivity index (χ4v) is 2.45. The number of methoxy groups -OCH3 is 1. The number of halogens is 1. The summed E-state index contributed by atoms with van der Waals surface area (Å²) in [5, 5.41) is 13.2. The first-order valence-corrected chi connectivity index (χ1v) is 7.24. The van der Waals surface area contributed by atoms with Gasteiger partial charge in [-0.1, -0.05) is 46.3 Å². The van der Waals surface area contributed by atoms with Crippen LogP contribution in [0.4, 0.5) is 0 Å². The SMILES string of the molecule is COC(=O)CN[C@@H](c1ccccc1)c1cc(Br)ccc1O. The van der Waals surface area contributed by atoms with Gasteiger partial charge in [-0.25, -0.2) is 0 Å². The van der Waals surface area contributed by atoms with Crippen molar-refractivity contribution in [2.75, 3.05) is 13.7 Å². The van der Waals surface area contributed by atoms with Crippen LogP contribution in [0.15, 0.2) is 53.0 Å². The molecule has 0 saturated heterocycles. The summed E-state index contributed by atoms with van der Waals surface area (Å²) >= 11 is 3.40. The number of aromatic hydroxyl groups is 1. The highest BCUT2D eigenvalue weighted by atomic mass is 79.9. The molecule has 2 aromatic rings. The highest BCUT2D eigenvalue weighted by Gasteiger charge is 2.18. The Morgan fingerprint density at radius 3 is 2.67 bits per heavy atom. The fourth-order valence-electron chi connectivity index (χ4n) is 2.07. The maximum Gasteiger partial charge on any atom is 0.319 e. The van der Waals surface area contributed by atoms with Crippen LogP contribution in [0.5, 0.6) is 5.75 Å². The van der Waals surface area contributed by atoms with E-state index in [2.05, 4.69) is 26.0 Å². The van der Waals surface area contributed by atoms with Gasteiger partial charge >= 0.3 is 5.97 Å².